The molecule has 0 fully saturated rings. The van der Waals surface area contributed by atoms with Gasteiger partial charge in [-0.1, -0.05) is 236 Å². The van der Waals surface area contributed by atoms with Crippen LogP contribution in [0.2, 0.25) is 0 Å². The zero-order chi connectivity index (χ0) is 75.7. The molecule has 0 aliphatic heterocycles. The van der Waals surface area contributed by atoms with Crippen molar-refractivity contribution in [2.45, 2.75) is 338 Å². The van der Waals surface area contributed by atoms with Crippen molar-refractivity contribution in [2.24, 2.45) is 11.8 Å². The number of hydrogen-bond acceptors (Lipinski definition) is 19. The molecule has 0 radical (unpaired) electrons. The van der Waals surface area contributed by atoms with Crippen LogP contribution < -0.4 is 4.74 Å². The Hall–Kier alpha value is -4.18. The van der Waals surface area contributed by atoms with Crippen molar-refractivity contribution in [1.82, 2.24) is 19.6 Å². The third kappa shape index (κ3) is 63.1. The number of nitrogens with zero attached hydrogens (tertiary/aromatic N) is 5. The van der Waals surface area contributed by atoms with Crippen molar-refractivity contribution in [2.75, 3.05) is 118 Å². The maximum atomic E-state index is 12.7. The molecule has 3 N–H and O–H groups in total. The molecule has 0 aromatic heterocycles. The topological polar surface area (TPSA) is 240 Å². The molecule has 0 heterocycles. The fourth-order valence-corrected chi connectivity index (χ4v) is 12.5. The summed E-state index contributed by atoms with van der Waals surface area (Å²) in [7, 11) is 0. The number of non-ortho nitro benzene ring substituents is 1. The molecular formula is C82H157N5O15. The highest BCUT2D eigenvalue weighted by atomic mass is 16.7. The van der Waals surface area contributed by atoms with E-state index in [1.165, 1.54) is 153 Å². The van der Waals surface area contributed by atoms with Crippen LogP contribution in [0.25, 0.3) is 0 Å². The van der Waals surface area contributed by atoms with E-state index in [1.54, 1.807) is 0 Å². The molecule has 4 atom stereocenters. The molecule has 0 bridgehead atoms. The van der Waals surface area contributed by atoms with Crippen LogP contribution in [-0.2, 0) is 33.3 Å². The van der Waals surface area contributed by atoms with E-state index in [4.69, 9.17) is 38.6 Å². The molecule has 0 spiro atoms. The fourth-order valence-electron chi connectivity index (χ4n) is 12.5. The summed E-state index contributed by atoms with van der Waals surface area (Å²) in [5.74, 6) is 0.754. The van der Waals surface area contributed by atoms with Gasteiger partial charge in [-0.3, -0.25) is 29.5 Å². The van der Waals surface area contributed by atoms with Gasteiger partial charge >= 0.3 is 24.2 Å². The summed E-state index contributed by atoms with van der Waals surface area (Å²) in [6.45, 7) is 33.7. The lowest BCUT2D eigenvalue weighted by Gasteiger charge is -2.25. The summed E-state index contributed by atoms with van der Waals surface area (Å²) in [4.78, 5) is 69.5. The van der Waals surface area contributed by atoms with Crippen LogP contribution in [0.15, 0.2) is 24.3 Å². The Balaban J connectivity index is 0. The highest BCUT2D eigenvalue weighted by Crippen LogP contribution is 2.24. The molecule has 1 aromatic rings. The first-order chi connectivity index (χ1) is 49.6. The van der Waals surface area contributed by atoms with Gasteiger partial charge < -0.3 is 53.5 Å². The van der Waals surface area contributed by atoms with Gasteiger partial charge in [-0.15, -0.1) is 0 Å². The first kappa shape index (κ1) is 99.9. The Morgan fingerprint density at radius 1 is 0.373 bits per heavy atom. The van der Waals surface area contributed by atoms with E-state index >= 15 is 0 Å². The second kappa shape index (κ2) is 75.1. The van der Waals surface area contributed by atoms with Gasteiger partial charge in [0, 0.05) is 77.3 Å². The number of carbonyl (C=O) groups excluding carboxylic acids is 4. The van der Waals surface area contributed by atoms with E-state index in [0.29, 0.717) is 96.2 Å². The molecule has 0 saturated heterocycles. The molecule has 1 aromatic carbocycles. The third-order valence-corrected chi connectivity index (χ3v) is 19.3. The normalized spacial score (nSPS) is 12.5. The number of aliphatic hydroxyl groups is 3. The second-order valence-electron chi connectivity index (χ2n) is 28.0. The van der Waals surface area contributed by atoms with E-state index in [-0.39, 0.29) is 62.0 Å². The number of hydrogen-bond donors (Lipinski definition) is 3. The second-order valence-corrected chi connectivity index (χ2v) is 28.0. The SMILES string of the molecule is CCCCCCCCC(CCCCCC)COC(=O)CCCC(CCCCCC)OC(=O)OCCN(CCO)CCN(CC)CC.CCCCCCCCC(CCCCCC)COC(=O)CCCC(CCCCCC)OC(=O)Oc1ccc([N+](=O)[O-])cc1.CCN(CC)CCN(CCO)CCO. The first-order valence-electron chi connectivity index (χ1n) is 41.6. The van der Waals surface area contributed by atoms with Crippen LogP contribution in [0.5, 0.6) is 5.75 Å². The van der Waals surface area contributed by atoms with E-state index < -0.39 is 17.2 Å². The Labute approximate surface area is 623 Å². The molecule has 600 valence electrons. The smallest absolute Gasteiger partial charge is 0.465 e. The Bertz CT molecular complexity index is 2010. The molecule has 1 rings (SSSR count). The van der Waals surface area contributed by atoms with Crippen LogP contribution >= 0.6 is 0 Å². The Kier molecular flexibility index (Phi) is 73.5. The lowest BCUT2D eigenvalue weighted by Crippen LogP contribution is -2.38. The predicted octanol–water partition coefficient (Wildman–Crippen LogP) is 19.3. The summed E-state index contributed by atoms with van der Waals surface area (Å²) in [6, 6.07) is 5.30. The van der Waals surface area contributed by atoms with Crippen LogP contribution in [0, 0.1) is 22.0 Å². The number of benzene rings is 1. The maximum Gasteiger partial charge on any atom is 0.514 e. The van der Waals surface area contributed by atoms with Crippen LogP contribution in [-0.4, -0.2) is 194 Å². The number of likely N-dealkylation sites (N-methyl/N-ethyl adjacent to an activating group) is 2. The molecule has 0 aliphatic rings. The maximum absolute atomic E-state index is 12.7. The van der Waals surface area contributed by atoms with Crippen LogP contribution in [0.4, 0.5) is 15.3 Å². The minimum absolute atomic E-state index is 0.0731. The molecule has 102 heavy (non-hydrogen) atoms. The van der Waals surface area contributed by atoms with Crippen molar-refractivity contribution < 1.29 is 67.8 Å². The lowest BCUT2D eigenvalue weighted by atomic mass is 9.95. The Morgan fingerprint density at radius 2 is 0.676 bits per heavy atom. The standard InChI is InChI=1S/C38H76N2O6.C34H57NO7.C10H24N2O2/c1-6-11-14-17-18-20-24-35(23-19-15-12-7-2)34-45-37(42)27-22-26-36(25-21-16-13-8-3)46-38(43)44-33-31-40(30-32-41)29-28-39(9-4)10-5;1-4-7-10-13-14-16-20-29(19-15-11-8-5-2)28-40-33(36)23-18-22-31(21-17-12-9-6-3)41-34(37)42-32-26-24-30(25-27-32)35(38)39;1-3-11(4-2)5-6-12(7-9-13)8-10-14/h35-36,41H,6-34H2,1-5H3;24-27,29,31H,4-23,28H2,1-3H3;13-14H,3-10H2,1-2H3. The van der Waals surface area contributed by atoms with Crippen molar-refractivity contribution in [3.63, 3.8) is 0 Å². The highest BCUT2D eigenvalue weighted by Gasteiger charge is 2.22. The molecule has 20 nitrogen and oxygen atoms in total. The van der Waals surface area contributed by atoms with Gasteiger partial charge in [0.1, 0.15) is 24.6 Å². The first-order valence-corrected chi connectivity index (χ1v) is 41.6. The van der Waals surface area contributed by atoms with Crippen molar-refractivity contribution in [3.8, 4) is 5.75 Å². The fraction of sp³-hybridized carbons (Fsp3) is 0.878. The number of nitro groups is 1. The number of carbonyl (C=O) groups is 4. The average Bonchev–Trinajstić information content (AvgIpc) is 0.896. The Morgan fingerprint density at radius 3 is 1.02 bits per heavy atom. The number of ether oxygens (including phenoxy) is 6. The van der Waals surface area contributed by atoms with E-state index in [0.717, 1.165) is 136 Å². The number of rotatable bonds is 69. The van der Waals surface area contributed by atoms with Gasteiger partial charge in [0.15, 0.2) is 0 Å². The lowest BCUT2D eigenvalue weighted by molar-refractivity contribution is -0.384. The van der Waals surface area contributed by atoms with Gasteiger partial charge in [-0.25, -0.2) is 9.59 Å². The quantitative estimate of drug-likeness (QED) is 0.0137. The van der Waals surface area contributed by atoms with Crippen molar-refractivity contribution in [3.05, 3.63) is 34.4 Å². The monoisotopic (exact) mass is 1450 g/mol. The summed E-state index contributed by atoms with van der Waals surface area (Å²) < 4.78 is 33.5. The number of unbranched alkanes of at least 4 members (excludes halogenated alkanes) is 22. The van der Waals surface area contributed by atoms with Gasteiger partial charge in [-0.05, 0) is 127 Å². The molecule has 0 saturated carbocycles. The summed E-state index contributed by atoms with van der Waals surface area (Å²) >= 11 is 0. The molecular weight excluding hydrogens is 1290 g/mol. The predicted molar refractivity (Wildman–Crippen MR) is 418 cm³/mol. The largest absolute Gasteiger partial charge is 0.514 e. The van der Waals surface area contributed by atoms with Crippen molar-refractivity contribution in [1.29, 1.82) is 0 Å². The average molecular weight is 1450 g/mol. The van der Waals surface area contributed by atoms with Crippen LogP contribution in [0.1, 0.15) is 326 Å². The summed E-state index contributed by atoms with van der Waals surface area (Å²) in [5.41, 5.74) is -0.0818. The highest BCUT2D eigenvalue weighted by molar-refractivity contribution is 5.69. The van der Waals surface area contributed by atoms with Crippen molar-refractivity contribution >= 4 is 29.9 Å². The zero-order valence-corrected chi connectivity index (χ0v) is 67.1. The van der Waals surface area contributed by atoms with E-state index in [9.17, 15) is 34.4 Å². The molecule has 20 heteroatoms. The minimum atomic E-state index is -0.840. The zero-order valence-electron chi connectivity index (χ0n) is 67.1. The molecule has 0 amide bonds. The van der Waals surface area contributed by atoms with Gasteiger partial charge in [0.2, 0.25) is 0 Å². The van der Waals surface area contributed by atoms with Gasteiger partial charge in [0.25, 0.3) is 5.69 Å². The van der Waals surface area contributed by atoms with E-state index in [2.05, 4.69) is 88.8 Å². The van der Waals surface area contributed by atoms with Gasteiger partial charge in [0.05, 0.1) is 38.0 Å². The number of esters is 2. The van der Waals surface area contributed by atoms with Crippen LogP contribution in [0.3, 0.4) is 0 Å². The summed E-state index contributed by atoms with van der Waals surface area (Å²) in [6.07, 6.45) is 40.8. The van der Waals surface area contributed by atoms with Gasteiger partial charge in [-0.2, -0.15) is 0 Å². The number of aliphatic hydroxyl groups excluding tert-OH is 3. The molecule has 4 unspecified atom stereocenters. The third-order valence-electron chi connectivity index (χ3n) is 19.3. The minimum Gasteiger partial charge on any atom is -0.465 e. The van der Waals surface area contributed by atoms with E-state index in [1.807, 2.05) is 0 Å². The molecule has 0 aliphatic carbocycles. The summed E-state index contributed by atoms with van der Waals surface area (Å²) in [5, 5.41) is 37.9. The number of nitro benzene ring substituents is 1.